The molecular formula is C17H18N2O2S. The molecule has 0 saturated heterocycles. The van der Waals surface area contributed by atoms with Crippen LogP contribution in [0, 0.1) is 6.92 Å². The van der Waals surface area contributed by atoms with Crippen LogP contribution in [0.5, 0.6) is 11.5 Å². The van der Waals surface area contributed by atoms with E-state index in [0.29, 0.717) is 10.6 Å². The number of hydrogen-bond donors (Lipinski definition) is 1. The molecule has 2 N–H and O–H groups in total. The minimum Gasteiger partial charge on any atom is -0.455 e. The zero-order chi connectivity index (χ0) is 16.1. The molecule has 1 amide bonds. The summed E-state index contributed by atoms with van der Waals surface area (Å²) in [4.78, 5) is 15.9. The van der Waals surface area contributed by atoms with Gasteiger partial charge in [-0.25, -0.2) is 0 Å². The summed E-state index contributed by atoms with van der Waals surface area (Å²) in [5.41, 5.74) is 6.47. The molecule has 3 rings (SSSR count). The Morgan fingerprint density at radius 3 is 2.50 bits per heavy atom. The predicted molar refractivity (Wildman–Crippen MR) is 90.7 cm³/mol. The Morgan fingerprint density at radius 2 is 1.86 bits per heavy atom. The van der Waals surface area contributed by atoms with Gasteiger partial charge in [-0.2, -0.15) is 0 Å². The van der Waals surface area contributed by atoms with E-state index >= 15 is 0 Å². The summed E-state index contributed by atoms with van der Waals surface area (Å²) in [5.74, 6) is 0.916. The van der Waals surface area contributed by atoms with Crippen LogP contribution in [0.25, 0.3) is 10.1 Å². The molecule has 0 saturated carbocycles. The molecule has 1 aromatic carbocycles. The zero-order valence-corrected chi connectivity index (χ0v) is 13.6. The van der Waals surface area contributed by atoms with Gasteiger partial charge >= 0.3 is 0 Å². The van der Waals surface area contributed by atoms with Crippen molar-refractivity contribution in [1.29, 1.82) is 0 Å². The maximum atomic E-state index is 11.2. The Kier molecular flexibility index (Phi) is 5.12. The van der Waals surface area contributed by atoms with Crippen molar-refractivity contribution in [1.82, 2.24) is 4.98 Å². The summed E-state index contributed by atoms with van der Waals surface area (Å²) in [7, 11) is 0. The Bertz CT molecular complexity index is 779. The van der Waals surface area contributed by atoms with Crippen LogP contribution < -0.4 is 10.5 Å². The quantitative estimate of drug-likeness (QED) is 0.773. The zero-order valence-electron chi connectivity index (χ0n) is 12.8. The second kappa shape index (κ2) is 7.04. The number of carbonyl (C=O) groups is 1. The minimum absolute atomic E-state index is 0.438. The average molecular weight is 314 g/mol. The highest BCUT2D eigenvalue weighted by molar-refractivity contribution is 7.20. The summed E-state index contributed by atoms with van der Waals surface area (Å²) < 4.78 is 6.71. The van der Waals surface area contributed by atoms with Crippen LogP contribution in [0.3, 0.4) is 0 Å². The molecule has 0 aliphatic heterocycles. The SMILES string of the molecule is CC.Cc1ccc(Oc2cncc3sc(C(N)=O)cc23)cc1. The second-order valence-electron chi connectivity index (χ2n) is 4.44. The van der Waals surface area contributed by atoms with E-state index in [1.165, 1.54) is 16.9 Å². The molecule has 0 bridgehead atoms. The number of nitrogens with two attached hydrogens (primary N) is 1. The third-order valence-corrected chi connectivity index (χ3v) is 3.99. The van der Waals surface area contributed by atoms with Crippen molar-refractivity contribution < 1.29 is 9.53 Å². The fraction of sp³-hybridized carbons (Fsp3) is 0.176. The van der Waals surface area contributed by atoms with E-state index in [1.807, 2.05) is 45.0 Å². The summed E-state index contributed by atoms with van der Waals surface area (Å²) in [5, 5.41) is 0.847. The number of aryl methyl sites for hydroxylation is 1. The van der Waals surface area contributed by atoms with E-state index in [9.17, 15) is 4.79 Å². The number of hydrogen-bond acceptors (Lipinski definition) is 4. The maximum absolute atomic E-state index is 11.2. The van der Waals surface area contributed by atoms with Crippen molar-refractivity contribution >= 4 is 27.3 Å². The monoisotopic (exact) mass is 314 g/mol. The maximum Gasteiger partial charge on any atom is 0.258 e. The molecule has 0 aliphatic carbocycles. The number of carbonyl (C=O) groups excluding carboxylic acids is 1. The Morgan fingerprint density at radius 1 is 1.18 bits per heavy atom. The molecule has 0 unspecified atom stereocenters. The second-order valence-corrected chi connectivity index (χ2v) is 5.52. The first kappa shape index (κ1) is 16.0. The molecule has 0 atom stereocenters. The van der Waals surface area contributed by atoms with Gasteiger partial charge in [0.2, 0.25) is 0 Å². The number of primary amides is 1. The summed E-state index contributed by atoms with van der Waals surface area (Å²) in [6.07, 6.45) is 3.34. The van der Waals surface area contributed by atoms with Gasteiger partial charge in [0, 0.05) is 11.6 Å². The van der Waals surface area contributed by atoms with Crippen LogP contribution in [0.1, 0.15) is 29.1 Å². The Balaban J connectivity index is 0.000000847. The lowest BCUT2D eigenvalue weighted by atomic mass is 10.2. The van der Waals surface area contributed by atoms with Gasteiger partial charge in [0.15, 0.2) is 5.75 Å². The number of fused-ring (bicyclic) bond motifs is 1. The molecule has 2 heterocycles. The predicted octanol–water partition coefficient (Wildman–Crippen LogP) is 4.52. The molecule has 2 aromatic heterocycles. The van der Waals surface area contributed by atoms with Gasteiger partial charge in [-0.15, -0.1) is 11.3 Å². The lowest BCUT2D eigenvalue weighted by Crippen LogP contribution is -2.08. The molecule has 0 spiro atoms. The Hall–Kier alpha value is -2.40. The third kappa shape index (κ3) is 3.43. The number of nitrogens with zero attached hydrogens (tertiary/aromatic N) is 1. The van der Waals surface area contributed by atoms with Crippen LogP contribution in [-0.4, -0.2) is 10.9 Å². The molecule has 5 heteroatoms. The van der Waals surface area contributed by atoms with E-state index in [-0.39, 0.29) is 0 Å². The average Bonchev–Trinajstić information content (AvgIpc) is 2.97. The number of amides is 1. The van der Waals surface area contributed by atoms with Crippen LogP contribution in [-0.2, 0) is 0 Å². The lowest BCUT2D eigenvalue weighted by Gasteiger charge is -2.06. The molecule has 114 valence electrons. The van der Waals surface area contributed by atoms with Crippen molar-refractivity contribution in [2.75, 3.05) is 0 Å². The molecule has 3 aromatic rings. The summed E-state index contributed by atoms with van der Waals surface area (Å²) in [6, 6.07) is 9.50. The fourth-order valence-corrected chi connectivity index (χ4v) is 2.77. The number of rotatable bonds is 3. The number of pyridine rings is 1. The van der Waals surface area contributed by atoms with Gasteiger partial charge < -0.3 is 10.5 Å². The number of aromatic nitrogens is 1. The highest BCUT2D eigenvalue weighted by atomic mass is 32.1. The van der Waals surface area contributed by atoms with Gasteiger partial charge in [-0.05, 0) is 25.1 Å². The molecular weight excluding hydrogens is 296 g/mol. The number of thiophene rings is 1. The molecule has 22 heavy (non-hydrogen) atoms. The first-order valence-electron chi connectivity index (χ1n) is 7.05. The van der Waals surface area contributed by atoms with Gasteiger partial charge in [-0.3, -0.25) is 9.78 Å². The van der Waals surface area contributed by atoms with Gasteiger partial charge in [0.25, 0.3) is 5.91 Å². The van der Waals surface area contributed by atoms with Crippen molar-refractivity contribution in [3.8, 4) is 11.5 Å². The third-order valence-electron chi connectivity index (χ3n) is 2.90. The van der Waals surface area contributed by atoms with Gasteiger partial charge in [0.1, 0.15) is 5.75 Å². The summed E-state index contributed by atoms with van der Waals surface area (Å²) >= 11 is 1.32. The van der Waals surface area contributed by atoms with Crippen LogP contribution in [0.2, 0.25) is 0 Å². The largest absolute Gasteiger partial charge is 0.455 e. The minimum atomic E-state index is -0.438. The van der Waals surface area contributed by atoms with Crippen molar-refractivity contribution in [3.63, 3.8) is 0 Å². The molecule has 4 nitrogen and oxygen atoms in total. The van der Waals surface area contributed by atoms with E-state index in [4.69, 9.17) is 10.5 Å². The molecule has 0 radical (unpaired) electrons. The van der Waals surface area contributed by atoms with Crippen molar-refractivity contribution in [3.05, 3.63) is 53.2 Å². The van der Waals surface area contributed by atoms with Crippen LogP contribution >= 0.6 is 11.3 Å². The van der Waals surface area contributed by atoms with Crippen molar-refractivity contribution in [2.45, 2.75) is 20.8 Å². The molecule has 0 fully saturated rings. The first-order valence-corrected chi connectivity index (χ1v) is 7.87. The van der Waals surface area contributed by atoms with E-state index in [2.05, 4.69) is 4.98 Å². The smallest absolute Gasteiger partial charge is 0.258 e. The Labute approximate surface area is 133 Å². The fourth-order valence-electron chi connectivity index (χ4n) is 1.87. The summed E-state index contributed by atoms with van der Waals surface area (Å²) in [6.45, 7) is 6.02. The number of ether oxygens (including phenoxy) is 1. The topological polar surface area (TPSA) is 65.2 Å². The normalized spacial score (nSPS) is 9.95. The van der Waals surface area contributed by atoms with Crippen LogP contribution in [0.4, 0.5) is 0 Å². The molecule has 0 aliphatic rings. The number of benzene rings is 1. The van der Waals surface area contributed by atoms with Gasteiger partial charge in [-0.1, -0.05) is 31.5 Å². The lowest BCUT2D eigenvalue weighted by molar-refractivity contribution is 0.100. The van der Waals surface area contributed by atoms with E-state index in [0.717, 1.165) is 15.8 Å². The van der Waals surface area contributed by atoms with E-state index < -0.39 is 5.91 Å². The first-order chi connectivity index (χ1) is 10.6. The van der Waals surface area contributed by atoms with E-state index in [1.54, 1.807) is 18.5 Å². The van der Waals surface area contributed by atoms with Crippen molar-refractivity contribution in [2.24, 2.45) is 5.73 Å². The van der Waals surface area contributed by atoms with Crippen LogP contribution in [0.15, 0.2) is 42.7 Å². The standard InChI is InChI=1S/C15H12N2O2S.C2H6/c1-9-2-4-10(5-3-9)19-12-7-17-8-14-11(12)6-13(20-14)15(16)18;1-2/h2-8H,1H3,(H2,16,18);1-2H3. The highest BCUT2D eigenvalue weighted by Crippen LogP contribution is 2.34. The van der Waals surface area contributed by atoms with Gasteiger partial charge in [0.05, 0.1) is 15.8 Å². The highest BCUT2D eigenvalue weighted by Gasteiger charge is 2.11.